The number of hydrogen-bond acceptors (Lipinski definition) is 7. The Kier molecular flexibility index (Phi) is 4.04. The number of aliphatic imine (C=N–C) groups is 2. The van der Waals surface area contributed by atoms with Gasteiger partial charge in [-0.2, -0.15) is 0 Å². The molecule has 0 saturated heterocycles. The van der Waals surface area contributed by atoms with Gasteiger partial charge in [-0.25, -0.2) is 4.99 Å². The molecule has 0 atom stereocenters. The summed E-state index contributed by atoms with van der Waals surface area (Å²) >= 11 is 0. The second kappa shape index (κ2) is 6.51. The molecule has 0 saturated carbocycles. The minimum atomic E-state index is 0.0963. The van der Waals surface area contributed by atoms with Crippen LogP contribution in [0.4, 0.5) is 5.69 Å². The van der Waals surface area contributed by atoms with E-state index in [1.165, 1.54) is 0 Å². The zero-order valence-electron chi connectivity index (χ0n) is 14.5. The van der Waals surface area contributed by atoms with Crippen molar-refractivity contribution in [1.82, 2.24) is 9.88 Å². The summed E-state index contributed by atoms with van der Waals surface area (Å²) in [7, 11) is 3.21. The Hall–Kier alpha value is -3.35. The van der Waals surface area contributed by atoms with Crippen LogP contribution in [-0.4, -0.2) is 54.0 Å². The third-order valence-corrected chi connectivity index (χ3v) is 4.31. The second-order valence-corrected chi connectivity index (χ2v) is 5.82. The van der Waals surface area contributed by atoms with Crippen LogP contribution in [0.15, 0.2) is 52.7 Å². The summed E-state index contributed by atoms with van der Waals surface area (Å²) in [6.07, 6.45) is 4.90. The summed E-state index contributed by atoms with van der Waals surface area (Å²) < 4.78 is 10.8. The topological polar surface area (TPSA) is 79.5 Å². The number of aromatic nitrogens is 1. The summed E-state index contributed by atoms with van der Waals surface area (Å²) in [6.45, 7) is 1.36. The molecule has 0 aliphatic carbocycles. The van der Waals surface area contributed by atoms with E-state index < -0.39 is 0 Å². The summed E-state index contributed by atoms with van der Waals surface area (Å²) in [6, 6.07) is 7.26. The van der Waals surface area contributed by atoms with Crippen LogP contribution in [0.25, 0.3) is 5.76 Å². The third kappa shape index (κ3) is 2.67. The first-order valence-corrected chi connectivity index (χ1v) is 8.19. The van der Waals surface area contributed by atoms with E-state index in [4.69, 9.17) is 14.5 Å². The zero-order chi connectivity index (χ0) is 18.1. The van der Waals surface area contributed by atoms with E-state index in [9.17, 15) is 5.11 Å². The van der Waals surface area contributed by atoms with Gasteiger partial charge in [-0.15, -0.1) is 0 Å². The molecule has 0 fully saturated rings. The summed E-state index contributed by atoms with van der Waals surface area (Å²) in [5.74, 6) is 2.79. The van der Waals surface area contributed by atoms with Gasteiger partial charge in [-0.05, 0) is 18.2 Å². The number of aliphatic hydroxyl groups excluding tert-OH is 1. The largest absolute Gasteiger partial charge is 0.507 e. The van der Waals surface area contributed by atoms with E-state index in [0.717, 1.165) is 11.4 Å². The SMILES string of the molecule is COc1cc(OC)c2c(c1)C1=NCCN1C(/C=C(\O)c1cccnc1)=N2. The Bertz CT molecular complexity index is 935. The van der Waals surface area contributed by atoms with Gasteiger partial charge in [0.05, 0.1) is 26.3 Å². The molecule has 0 radical (unpaired) electrons. The summed E-state index contributed by atoms with van der Waals surface area (Å²) in [5.41, 5.74) is 2.16. The Morgan fingerprint density at radius 3 is 2.88 bits per heavy atom. The van der Waals surface area contributed by atoms with Gasteiger partial charge in [0.15, 0.2) is 0 Å². The van der Waals surface area contributed by atoms with Crippen LogP contribution in [0.5, 0.6) is 11.5 Å². The van der Waals surface area contributed by atoms with Crippen LogP contribution in [0.2, 0.25) is 0 Å². The molecule has 0 spiro atoms. The van der Waals surface area contributed by atoms with E-state index in [1.807, 2.05) is 11.0 Å². The first-order valence-electron chi connectivity index (χ1n) is 8.19. The van der Waals surface area contributed by atoms with Crippen LogP contribution in [0, 0.1) is 0 Å². The molecule has 0 bridgehead atoms. The minimum Gasteiger partial charge on any atom is -0.507 e. The summed E-state index contributed by atoms with van der Waals surface area (Å²) in [4.78, 5) is 15.3. The highest BCUT2D eigenvalue weighted by Gasteiger charge is 2.31. The fourth-order valence-electron chi connectivity index (χ4n) is 3.05. The number of aliphatic hydroxyl groups is 1. The van der Waals surface area contributed by atoms with Gasteiger partial charge in [-0.1, -0.05) is 0 Å². The monoisotopic (exact) mass is 350 g/mol. The Labute approximate surface area is 150 Å². The molecule has 7 heteroatoms. The maximum atomic E-state index is 10.5. The molecule has 0 unspecified atom stereocenters. The average Bonchev–Trinajstić information content (AvgIpc) is 3.18. The first-order chi connectivity index (χ1) is 12.7. The average molecular weight is 350 g/mol. The molecule has 2 aliphatic heterocycles. The molecule has 1 aromatic carbocycles. The Morgan fingerprint density at radius 2 is 2.15 bits per heavy atom. The second-order valence-electron chi connectivity index (χ2n) is 5.82. The van der Waals surface area contributed by atoms with Crippen LogP contribution in [0.1, 0.15) is 11.1 Å². The Morgan fingerprint density at radius 1 is 1.27 bits per heavy atom. The molecule has 26 heavy (non-hydrogen) atoms. The lowest BCUT2D eigenvalue weighted by Crippen LogP contribution is -2.36. The van der Waals surface area contributed by atoms with Gasteiger partial charge in [-0.3, -0.25) is 9.98 Å². The molecule has 4 rings (SSSR count). The standard InChI is InChI=1S/C19H18N4O3/c1-25-13-8-14-18(16(9-13)26-2)22-17(23-7-6-21-19(14)23)10-15(24)12-4-3-5-20-11-12/h3-5,8-11,24H,6-7H2,1-2H3/b15-10-. The van der Waals surface area contributed by atoms with Gasteiger partial charge in [0.25, 0.3) is 0 Å². The highest BCUT2D eigenvalue weighted by Crippen LogP contribution is 2.40. The van der Waals surface area contributed by atoms with Gasteiger partial charge < -0.3 is 19.5 Å². The lowest BCUT2D eigenvalue weighted by molar-refractivity contribution is 0.394. The number of methoxy groups -OCH3 is 2. The lowest BCUT2D eigenvalue weighted by Gasteiger charge is -2.27. The third-order valence-electron chi connectivity index (χ3n) is 4.31. The predicted octanol–water partition coefficient (Wildman–Crippen LogP) is 2.80. The van der Waals surface area contributed by atoms with Crippen molar-refractivity contribution in [3.63, 3.8) is 0 Å². The fraction of sp³-hybridized carbons (Fsp3) is 0.211. The van der Waals surface area contributed by atoms with E-state index in [-0.39, 0.29) is 5.76 Å². The van der Waals surface area contributed by atoms with E-state index in [2.05, 4.69) is 9.98 Å². The predicted molar refractivity (Wildman–Crippen MR) is 99.6 cm³/mol. The molecule has 0 amide bonds. The first kappa shape index (κ1) is 16.1. The summed E-state index contributed by atoms with van der Waals surface area (Å²) in [5, 5.41) is 10.5. The highest BCUT2D eigenvalue weighted by molar-refractivity contribution is 6.20. The molecule has 1 N–H and O–H groups in total. The maximum absolute atomic E-state index is 10.5. The van der Waals surface area contributed by atoms with Gasteiger partial charge in [0.2, 0.25) is 0 Å². The highest BCUT2D eigenvalue weighted by atomic mass is 16.5. The van der Waals surface area contributed by atoms with E-state index >= 15 is 0 Å². The number of fused-ring (bicyclic) bond motifs is 3. The number of hydrogen-bond donors (Lipinski definition) is 1. The van der Waals surface area contributed by atoms with Crippen molar-refractivity contribution in [3.05, 3.63) is 53.9 Å². The normalized spacial score (nSPS) is 15.8. The molecule has 7 nitrogen and oxygen atoms in total. The molecule has 1 aromatic heterocycles. The maximum Gasteiger partial charge on any atom is 0.149 e. The van der Waals surface area contributed by atoms with Crippen molar-refractivity contribution >= 4 is 23.1 Å². The number of amidine groups is 2. The number of nitrogens with zero attached hydrogens (tertiary/aromatic N) is 4. The Balaban J connectivity index is 1.85. The number of benzene rings is 1. The van der Waals surface area contributed by atoms with Crippen molar-refractivity contribution in [1.29, 1.82) is 0 Å². The van der Waals surface area contributed by atoms with Crippen molar-refractivity contribution < 1.29 is 14.6 Å². The van der Waals surface area contributed by atoms with Gasteiger partial charge >= 0.3 is 0 Å². The molecular weight excluding hydrogens is 332 g/mol. The van der Waals surface area contributed by atoms with Crippen LogP contribution < -0.4 is 9.47 Å². The van der Waals surface area contributed by atoms with Gasteiger partial charge in [0.1, 0.15) is 34.6 Å². The van der Waals surface area contributed by atoms with Crippen molar-refractivity contribution in [3.8, 4) is 11.5 Å². The zero-order valence-corrected chi connectivity index (χ0v) is 14.5. The minimum absolute atomic E-state index is 0.0963. The lowest BCUT2D eigenvalue weighted by atomic mass is 10.1. The quantitative estimate of drug-likeness (QED) is 0.858. The molecule has 3 heterocycles. The van der Waals surface area contributed by atoms with Crippen molar-refractivity contribution in [2.24, 2.45) is 9.98 Å². The van der Waals surface area contributed by atoms with Crippen LogP contribution in [-0.2, 0) is 0 Å². The molecular formula is C19H18N4O3. The fourth-order valence-corrected chi connectivity index (χ4v) is 3.05. The smallest absolute Gasteiger partial charge is 0.149 e. The van der Waals surface area contributed by atoms with Crippen molar-refractivity contribution in [2.75, 3.05) is 27.3 Å². The van der Waals surface area contributed by atoms with Crippen LogP contribution >= 0.6 is 0 Å². The van der Waals surface area contributed by atoms with E-state index in [0.29, 0.717) is 41.7 Å². The van der Waals surface area contributed by atoms with Gasteiger partial charge in [0, 0.05) is 36.6 Å². The van der Waals surface area contributed by atoms with E-state index in [1.54, 1.807) is 50.9 Å². The molecule has 2 aliphatic rings. The van der Waals surface area contributed by atoms with Crippen molar-refractivity contribution in [2.45, 2.75) is 0 Å². The molecule has 2 aromatic rings. The number of pyridine rings is 1. The molecule has 132 valence electrons. The number of ether oxygens (including phenoxy) is 2. The number of rotatable bonds is 4. The van der Waals surface area contributed by atoms with Crippen LogP contribution in [0.3, 0.4) is 0 Å².